The Morgan fingerprint density at radius 1 is 1.28 bits per heavy atom. The van der Waals surface area contributed by atoms with Crippen LogP contribution in [-0.4, -0.2) is 46.6 Å². The Kier molecular flexibility index (Phi) is 5.08. The maximum Gasteiger partial charge on any atom is 0.234 e. The zero-order valence-corrected chi connectivity index (χ0v) is 14.9. The van der Waals surface area contributed by atoms with Crippen molar-refractivity contribution < 1.29 is 4.79 Å². The second-order valence-corrected chi connectivity index (χ2v) is 6.65. The SMILES string of the molecule is Cc1cc(NC(=O)CSc2nncn2C(C)C)ccc1-n1cnnn1. The van der Waals surface area contributed by atoms with Crippen molar-refractivity contribution in [3.63, 3.8) is 0 Å². The van der Waals surface area contributed by atoms with Crippen LogP contribution in [0.15, 0.2) is 36.0 Å². The second kappa shape index (κ2) is 7.43. The quantitative estimate of drug-likeness (QED) is 0.671. The van der Waals surface area contributed by atoms with E-state index in [4.69, 9.17) is 0 Å². The zero-order valence-electron chi connectivity index (χ0n) is 14.1. The van der Waals surface area contributed by atoms with Crippen LogP contribution in [0.2, 0.25) is 0 Å². The summed E-state index contributed by atoms with van der Waals surface area (Å²) in [6, 6.07) is 5.82. The number of benzene rings is 1. The number of tetrazole rings is 1. The highest BCUT2D eigenvalue weighted by Crippen LogP contribution is 2.20. The number of anilines is 1. The average molecular weight is 358 g/mol. The summed E-state index contributed by atoms with van der Waals surface area (Å²) < 4.78 is 3.51. The lowest BCUT2D eigenvalue weighted by atomic mass is 10.2. The topological polar surface area (TPSA) is 103 Å². The maximum atomic E-state index is 12.2. The zero-order chi connectivity index (χ0) is 17.8. The first-order valence-corrected chi connectivity index (χ1v) is 8.69. The van der Waals surface area contributed by atoms with Crippen molar-refractivity contribution in [2.45, 2.75) is 32.0 Å². The molecular formula is C15H18N8OS. The molecule has 130 valence electrons. The molecule has 0 radical (unpaired) electrons. The van der Waals surface area contributed by atoms with Gasteiger partial charge in [0, 0.05) is 11.7 Å². The molecule has 0 aliphatic rings. The molecule has 0 bridgehead atoms. The monoisotopic (exact) mass is 358 g/mol. The third-order valence-corrected chi connectivity index (χ3v) is 4.46. The molecular weight excluding hydrogens is 340 g/mol. The maximum absolute atomic E-state index is 12.2. The Balaban J connectivity index is 1.61. The molecule has 3 rings (SSSR count). The summed E-state index contributed by atoms with van der Waals surface area (Å²) in [5.41, 5.74) is 2.55. The first-order valence-electron chi connectivity index (χ1n) is 7.71. The smallest absolute Gasteiger partial charge is 0.234 e. The number of amides is 1. The number of carbonyl (C=O) groups excluding carboxylic acids is 1. The average Bonchev–Trinajstić information content (AvgIpc) is 3.24. The van der Waals surface area contributed by atoms with E-state index in [-0.39, 0.29) is 17.7 Å². The summed E-state index contributed by atoms with van der Waals surface area (Å²) in [6.07, 6.45) is 3.20. The number of rotatable bonds is 6. The van der Waals surface area contributed by atoms with Crippen molar-refractivity contribution in [3.8, 4) is 5.69 Å². The minimum atomic E-state index is -0.0992. The largest absolute Gasteiger partial charge is 0.325 e. The molecule has 9 nitrogen and oxygen atoms in total. The van der Waals surface area contributed by atoms with Crippen LogP contribution in [0.4, 0.5) is 5.69 Å². The summed E-state index contributed by atoms with van der Waals surface area (Å²) in [5, 5.41) is 22.7. The minimum absolute atomic E-state index is 0.0992. The van der Waals surface area contributed by atoms with Gasteiger partial charge in [-0.3, -0.25) is 4.79 Å². The van der Waals surface area contributed by atoms with E-state index in [1.165, 1.54) is 18.1 Å². The van der Waals surface area contributed by atoms with Gasteiger partial charge in [0.05, 0.1) is 11.4 Å². The molecule has 10 heteroatoms. The summed E-state index contributed by atoms with van der Waals surface area (Å²) in [6.45, 7) is 6.03. The Morgan fingerprint density at radius 2 is 2.12 bits per heavy atom. The Labute approximate surface area is 148 Å². The predicted molar refractivity (Wildman–Crippen MR) is 93.7 cm³/mol. The fourth-order valence-corrected chi connectivity index (χ4v) is 3.12. The molecule has 0 atom stereocenters. The van der Waals surface area contributed by atoms with Gasteiger partial charge in [0.25, 0.3) is 0 Å². The van der Waals surface area contributed by atoms with E-state index in [2.05, 4.69) is 31.0 Å². The molecule has 3 aromatic rings. The van der Waals surface area contributed by atoms with E-state index in [1.807, 2.05) is 43.5 Å². The van der Waals surface area contributed by atoms with Crippen LogP contribution < -0.4 is 5.32 Å². The number of nitrogens with one attached hydrogen (secondary N) is 1. The lowest BCUT2D eigenvalue weighted by molar-refractivity contribution is -0.113. The molecule has 0 aliphatic carbocycles. The van der Waals surface area contributed by atoms with Crippen LogP contribution in [0.1, 0.15) is 25.5 Å². The van der Waals surface area contributed by atoms with Crippen LogP contribution in [0.25, 0.3) is 5.69 Å². The Bertz CT molecular complexity index is 858. The molecule has 0 fully saturated rings. The molecule has 25 heavy (non-hydrogen) atoms. The second-order valence-electron chi connectivity index (χ2n) is 5.71. The van der Waals surface area contributed by atoms with E-state index in [0.717, 1.165) is 22.1 Å². The molecule has 0 saturated heterocycles. The molecule has 0 unspecified atom stereocenters. The summed E-state index contributed by atoms with van der Waals surface area (Å²) in [4.78, 5) is 12.2. The fourth-order valence-electron chi connectivity index (χ4n) is 2.28. The van der Waals surface area contributed by atoms with Crippen molar-refractivity contribution in [2.24, 2.45) is 0 Å². The van der Waals surface area contributed by atoms with Gasteiger partial charge >= 0.3 is 0 Å². The number of carbonyl (C=O) groups is 1. The van der Waals surface area contributed by atoms with E-state index < -0.39 is 0 Å². The van der Waals surface area contributed by atoms with Gasteiger partial charge in [0.15, 0.2) is 5.16 Å². The number of hydrogen-bond acceptors (Lipinski definition) is 7. The van der Waals surface area contributed by atoms with Gasteiger partial charge in [-0.15, -0.1) is 15.3 Å². The van der Waals surface area contributed by atoms with Crippen molar-refractivity contribution in [1.82, 2.24) is 35.0 Å². The van der Waals surface area contributed by atoms with E-state index in [1.54, 1.807) is 11.0 Å². The summed E-state index contributed by atoms with van der Waals surface area (Å²) >= 11 is 1.36. The lowest BCUT2D eigenvalue weighted by Gasteiger charge is -2.10. The molecule has 2 heterocycles. The van der Waals surface area contributed by atoms with Crippen LogP contribution in [-0.2, 0) is 4.79 Å². The molecule has 1 N–H and O–H groups in total. The number of nitrogens with zero attached hydrogens (tertiary/aromatic N) is 7. The third kappa shape index (κ3) is 4.02. The molecule has 1 amide bonds. The van der Waals surface area contributed by atoms with Crippen LogP contribution in [0.3, 0.4) is 0 Å². The number of aromatic nitrogens is 7. The van der Waals surface area contributed by atoms with Crippen molar-refractivity contribution in [1.29, 1.82) is 0 Å². The van der Waals surface area contributed by atoms with Crippen molar-refractivity contribution in [3.05, 3.63) is 36.4 Å². The van der Waals surface area contributed by atoms with Gasteiger partial charge in [-0.2, -0.15) is 0 Å². The van der Waals surface area contributed by atoms with E-state index in [9.17, 15) is 4.79 Å². The Hall–Kier alpha value is -2.75. The molecule has 0 spiro atoms. The van der Waals surface area contributed by atoms with E-state index in [0.29, 0.717) is 0 Å². The predicted octanol–water partition coefficient (Wildman–Crippen LogP) is 1.87. The number of thioether (sulfide) groups is 1. The molecule has 0 saturated carbocycles. The van der Waals surface area contributed by atoms with Crippen LogP contribution in [0, 0.1) is 6.92 Å². The Morgan fingerprint density at radius 3 is 2.80 bits per heavy atom. The van der Waals surface area contributed by atoms with Crippen molar-refractivity contribution in [2.75, 3.05) is 11.1 Å². The van der Waals surface area contributed by atoms with Gasteiger partial charge in [0.1, 0.15) is 12.7 Å². The highest BCUT2D eigenvalue weighted by molar-refractivity contribution is 7.99. The van der Waals surface area contributed by atoms with Gasteiger partial charge in [-0.1, -0.05) is 11.8 Å². The normalized spacial score (nSPS) is 11.0. The number of aryl methyl sites for hydroxylation is 1. The number of hydrogen-bond donors (Lipinski definition) is 1. The van der Waals surface area contributed by atoms with Crippen LogP contribution >= 0.6 is 11.8 Å². The van der Waals surface area contributed by atoms with Gasteiger partial charge < -0.3 is 9.88 Å². The first kappa shape index (κ1) is 17.1. The molecule has 1 aromatic carbocycles. The van der Waals surface area contributed by atoms with Gasteiger partial charge in [0.2, 0.25) is 5.91 Å². The standard InChI is InChI=1S/C15H18N8OS/c1-10(2)22-8-16-19-15(22)25-7-14(24)18-12-4-5-13(11(3)6-12)23-9-17-20-21-23/h4-6,8-10H,7H2,1-3H3,(H,18,24). The lowest BCUT2D eigenvalue weighted by Crippen LogP contribution is -2.15. The fraction of sp³-hybridized carbons (Fsp3) is 0.333. The highest BCUT2D eigenvalue weighted by atomic mass is 32.2. The van der Waals surface area contributed by atoms with Gasteiger partial charge in [-0.05, 0) is 55.0 Å². The van der Waals surface area contributed by atoms with Gasteiger partial charge in [-0.25, -0.2) is 4.68 Å². The summed E-state index contributed by atoms with van der Waals surface area (Å²) in [5.74, 6) is 0.164. The van der Waals surface area contributed by atoms with Crippen LogP contribution in [0.5, 0.6) is 0 Å². The summed E-state index contributed by atoms with van der Waals surface area (Å²) in [7, 11) is 0. The minimum Gasteiger partial charge on any atom is -0.325 e. The highest BCUT2D eigenvalue weighted by Gasteiger charge is 2.11. The first-order chi connectivity index (χ1) is 12.0. The van der Waals surface area contributed by atoms with Crippen molar-refractivity contribution >= 4 is 23.4 Å². The third-order valence-electron chi connectivity index (χ3n) is 3.51. The molecule has 2 aromatic heterocycles. The molecule has 0 aliphatic heterocycles. The van der Waals surface area contributed by atoms with E-state index >= 15 is 0 Å².